The van der Waals surface area contributed by atoms with Gasteiger partial charge in [0.05, 0.1) is 17.3 Å². The van der Waals surface area contributed by atoms with Gasteiger partial charge >= 0.3 is 0 Å². The van der Waals surface area contributed by atoms with Crippen molar-refractivity contribution in [1.82, 2.24) is 5.32 Å². The van der Waals surface area contributed by atoms with E-state index in [2.05, 4.69) is 5.32 Å². The quantitative estimate of drug-likeness (QED) is 0.821. The first-order valence-corrected chi connectivity index (χ1v) is 6.85. The van der Waals surface area contributed by atoms with Gasteiger partial charge in [-0.15, -0.1) is 0 Å². The van der Waals surface area contributed by atoms with Crippen LogP contribution in [-0.2, 0) is 16.3 Å². The Balaban J connectivity index is 1.93. The molecular weight excluding hydrogens is 214 g/mol. The molecule has 1 N–H and O–H groups in total. The Kier molecular flexibility index (Phi) is 3.11. The molecule has 1 aliphatic heterocycles. The normalized spacial score (nSPS) is 22.0. The zero-order valence-corrected chi connectivity index (χ0v) is 9.29. The lowest BCUT2D eigenvalue weighted by Gasteiger charge is -2.08. The lowest BCUT2D eigenvalue weighted by atomic mass is 10.4. The lowest BCUT2D eigenvalue weighted by Crippen LogP contribution is -2.27. The van der Waals surface area contributed by atoms with Crippen molar-refractivity contribution >= 4 is 9.84 Å². The van der Waals surface area contributed by atoms with Crippen LogP contribution in [0.3, 0.4) is 0 Å². The van der Waals surface area contributed by atoms with Crippen LogP contribution in [0.5, 0.6) is 0 Å². The third kappa shape index (κ3) is 2.60. The van der Waals surface area contributed by atoms with E-state index in [9.17, 15) is 8.42 Å². The fraction of sp³-hybridized carbons (Fsp3) is 0.600. The van der Waals surface area contributed by atoms with Gasteiger partial charge < -0.3 is 9.73 Å². The zero-order valence-electron chi connectivity index (χ0n) is 8.48. The molecule has 2 heterocycles. The van der Waals surface area contributed by atoms with Gasteiger partial charge in [-0.2, -0.15) is 0 Å². The van der Waals surface area contributed by atoms with Crippen molar-refractivity contribution < 1.29 is 12.8 Å². The van der Waals surface area contributed by atoms with Crippen LogP contribution in [-0.4, -0.2) is 32.5 Å². The standard InChI is InChI=1S/C10H15NO3S/c12-15(13,10-3-5-11-8-10)7-4-9-2-1-6-14-9/h1-2,6,10-11H,3-5,7-8H2. The van der Waals surface area contributed by atoms with Gasteiger partial charge in [-0.25, -0.2) is 8.42 Å². The Morgan fingerprint density at radius 3 is 3.00 bits per heavy atom. The van der Waals surface area contributed by atoms with Crippen molar-refractivity contribution in [2.75, 3.05) is 18.8 Å². The molecule has 2 rings (SSSR count). The Labute approximate surface area is 89.6 Å². The average Bonchev–Trinajstić information content (AvgIpc) is 2.88. The molecule has 1 aliphatic rings. The molecule has 15 heavy (non-hydrogen) atoms. The molecule has 1 fully saturated rings. The summed E-state index contributed by atoms with van der Waals surface area (Å²) in [4.78, 5) is 0. The SMILES string of the molecule is O=S(=O)(CCc1ccco1)C1CCNC1. The number of furan rings is 1. The molecule has 0 spiro atoms. The van der Waals surface area contributed by atoms with Gasteiger partial charge in [0.25, 0.3) is 0 Å². The van der Waals surface area contributed by atoms with E-state index in [1.54, 1.807) is 12.3 Å². The van der Waals surface area contributed by atoms with Gasteiger partial charge in [0.2, 0.25) is 0 Å². The zero-order chi connectivity index (χ0) is 10.7. The largest absolute Gasteiger partial charge is 0.469 e. The first-order chi connectivity index (χ1) is 7.18. The minimum atomic E-state index is -2.96. The molecule has 0 aliphatic carbocycles. The van der Waals surface area contributed by atoms with Crippen molar-refractivity contribution in [3.05, 3.63) is 24.2 Å². The molecule has 5 heteroatoms. The van der Waals surface area contributed by atoms with E-state index in [1.807, 2.05) is 6.07 Å². The molecule has 4 nitrogen and oxygen atoms in total. The topological polar surface area (TPSA) is 59.3 Å². The van der Waals surface area contributed by atoms with Crippen LogP contribution in [0.2, 0.25) is 0 Å². The minimum absolute atomic E-state index is 0.187. The molecule has 1 aromatic rings. The van der Waals surface area contributed by atoms with E-state index < -0.39 is 9.84 Å². The number of sulfone groups is 1. The Morgan fingerprint density at radius 2 is 2.40 bits per heavy atom. The summed E-state index contributed by atoms with van der Waals surface area (Å²) in [6.45, 7) is 1.41. The minimum Gasteiger partial charge on any atom is -0.469 e. The van der Waals surface area contributed by atoms with Gasteiger partial charge in [-0.1, -0.05) is 0 Å². The summed E-state index contributed by atoms with van der Waals surface area (Å²) < 4.78 is 28.8. The molecule has 84 valence electrons. The van der Waals surface area contributed by atoms with Gasteiger partial charge in [0.15, 0.2) is 9.84 Å². The third-order valence-corrected chi connectivity index (χ3v) is 4.93. The number of hydrogen-bond acceptors (Lipinski definition) is 4. The number of nitrogens with one attached hydrogen (secondary N) is 1. The van der Waals surface area contributed by atoms with Crippen molar-refractivity contribution in [3.8, 4) is 0 Å². The maximum Gasteiger partial charge on any atom is 0.154 e. The van der Waals surface area contributed by atoms with Crippen LogP contribution >= 0.6 is 0 Å². The summed E-state index contributed by atoms with van der Waals surface area (Å²) in [7, 11) is -2.96. The molecule has 1 saturated heterocycles. The molecule has 0 aromatic carbocycles. The fourth-order valence-electron chi connectivity index (χ4n) is 1.80. The van der Waals surface area contributed by atoms with Crippen LogP contribution in [0.1, 0.15) is 12.2 Å². The van der Waals surface area contributed by atoms with Crippen molar-refractivity contribution in [2.45, 2.75) is 18.1 Å². The lowest BCUT2D eigenvalue weighted by molar-refractivity contribution is 0.512. The number of aryl methyl sites for hydroxylation is 1. The summed E-state index contributed by atoms with van der Waals surface area (Å²) >= 11 is 0. The van der Waals surface area contributed by atoms with Crippen LogP contribution in [0.4, 0.5) is 0 Å². The molecule has 1 aromatic heterocycles. The monoisotopic (exact) mass is 229 g/mol. The number of rotatable bonds is 4. The first-order valence-electron chi connectivity index (χ1n) is 5.13. The van der Waals surface area contributed by atoms with Gasteiger partial charge in [-0.3, -0.25) is 0 Å². The Hall–Kier alpha value is -0.810. The van der Waals surface area contributed by atoms with E-state index in [0.29, 0.717) is 13.0 Å². The molecule has 1 unspecified atom stereocenters. The molecule has 0 bridgehead atoms. The van der Waals surface area contributed by atoms with E-state index >= 15 is 0 Å². The highest BCUT2D eigenvalue weighted by Gasteiger charge is 2.28. The highest BCUT2D eigenvalue weighted by Crippen LogP contribution is 2.13. The van der Waals surface area contributed by atoms with Crippen molar-refractivity contribution in [3.63, 3.8) is 0 Å². The Bertz CT molecular complexity index is 390. The Morgan fingerprint density at radius 1 is 1.53 bits per heavy atom. The maximum absolute atomic E-state index is 11.8. The molecule has 0 radical (unpaired) electrons. The molecular formula is C10H15NO3S. The molecule has 0 amide bonds. The van der Waals surface area contributed by atoms with Crippen LogP contribution in [0, 0.1) is 0 Å². The van der Waals surface area contributed by atoms with Crippen molar-refractivity contribution in [2.24, 2.45) is 0 Å². The van der Waals surface area contributed by atoms with Crippen LogP contribution in [0.15, 0.2) is 22.8 Å². The van der Waals surface area contributed by atoms with Crippen molar-refractivity contribution in [1.29, 1.82) is 0 Å². The highest BCUT2D eigenvalue weighted by atomic mass is 32.2. The molecule has 0 saturated carbocycles. The summed E-state index contributed by atoms with van der Waals surface area (Å²) in [5, 5.41) is 2.87. The second-order valence-electron chi connectivity index (χ2n) is 3.81. The predicted molar refractivity (Wildman–Crippen MR) is 57.5 cm³/mol. The van der Waals surface area contributed by atoms with Gasteiger partial charge in [0, 0.05) is 13.0 Å². The van der Waals surface area contributed by atoms with E-state index in [4.69, 9.17) is 4.42 Å². The second-order valence-corrected chi connectivity index (χ2v) is 6.21. The third-order valence-electron chi connectivity index (χ3n) is 2.74. The van der Waals surface area contributed by atoms with Crippen LogP contribution in [0.25, 0.3) is 0 Å². The maximum atomic E-state index is 11.8. The fourth-order valence-corrected chi connectivity index (χ4v) is 3.47. The summed E-state index contributed by atoms with van der Waals surface area (Å²) in [5.41, 5.74) is 0. The van der Waals surface area contributed by atoms with Gasteiger partial charge in [0.1, 0.15) is 5.76 Å². The van der Waals surface area contributed by atoms with Crippen LogP contribution < -0.4 is 5.32 Å². The summed E-state index contributed by atoms with van der Waals surface area (Å²) in [6, 6.07) is 3.58. The predicted octanol–water partition coefficient (Wildman–Crippen LogP) is 0.599. The number of hydrogen-bond donors (Lipinski definition) is 1. The highest BCUT2D eigenvalue weighted by molar-refractivity contribution is 7.92. The second kappa shape index (κ2) is 4.37. The van der Waals surface area contributed by atoms with E-state index in [1.165, 1.54) is 0 Å². The van der Waals surface area contributed by atoms with E-state index in [-0.39, 0.29) is 11.0 Å². The summed E-state index contributed by atoms with van der Waals surface area (Å²) in [5.74, 6) is 0.928. The van der Waals surface area contributed by atoms with E-state index in [0.717, 1.165) is 18.7 Å². The summed E-state index contributed by atoms with van der Waals surface area (Å²) in [6.07, 6.45) is 2.78. The molecule has 1 atom stereocenters. The first kappa shape index (κ1) is 10.7. The smallest absolute Gasteiger partial charge is 0.154 e. The average molecular weight is 229 g/mol. The van der Waals surface area contributed by atoms with Gasteiger partial charge in [-0.05, 0) is 25.1 Å².